The summed E-state index contributed by atoms with van der Waals surface area (Å²) in [4.78, 5) is 17.2. The zero-order valence-corrected chi connectivity index (χ0v) is 17.2. The van der Waals surface area contributed by atoms with Gasteiger partial charge in [0.1, 0.15) is 5.01 Å². The molecule has 0 spiro atoms. The fourth-order valence-electron chi connectivity index (χ4n) is 3.49. The van der Waals surface area contributed by atoms with Gasteiger partial charge in [-0.25, -0.2) is 4.79 Å². The first kappa shape index (κ1) is 19.3. The molecule has 2 amide bonds. The number of rotatable bonds is 7. The average molecular weight is 401 g/mol. The summed E-state index contributed by atoms with van der Waals surface area (Å²) in [5.41, 5.74) is 2.44. The van der Waals surface area contributed by atoms with Gasteiger partial charge in [0, 0.05) is 45.2 Å². The first-order valence-corrected chi connectivity index (χ1v) is 10.9. The highest BCUT2D eigenvalue weighted by Crippen LogP contribution is 2.41. The van der Waals surface area contributed by atoms with E-state index in [2.05, 4.69) is 55.8 Å². The molecule has 0 unspecified atom stereocenters. The molecule has 0 bridgehead atoms. The van der Waals surface area contributed by atoms with Gasteiger partial charge in [-0.05, 0) is 30.5 Å². The molecule has 150 valence electrons. The summed E-state index contributed by atoms with van der Waals surface area (Å²) in [5, 5.41) is 15.6. The van der Waals surface area contributed by atoms with Crippen LogP contribution >= 0.6 is 11.3 Å². The normalized spacial score (nSPS) is 18.2. The van der Waals surface area contributed by atoms with Crippen molar-refractivity contribution >= 4 is 22.5 Å². The van der Waals surface area contributed by atoms with Crippen LogP contribution in [0.15, 0.2) is 24.3 Å². The Morgan fingerprint density at radius 2 is 1.82 bits per heavy atom. The minimum Gasteiger partial charge on any atom is -0.334 e. The van der Waals surface area contributed by atoms with Crippen molar-refractivity contribution in [1.82, 2.24) is 25.3 Å². The Morgan fingerprint density at radius 3 is 2.54 bits per heavy atom. The van der Waals surface area contributed by atoms with Crippen molar-refractivity contribution in [3.05, 3.63) is 40.4 Å². The van der Waals surface area contributed by atoms with Crippen LogP contribution in [-0.2, 0) is 13.1 Å². The van der Waals surface area contributed by atoms with Crippen molar-refractivity contribution in [3.63, 3.8) is 0 Å². The quantitative estimate of drug-likeness (QED) is 0.748. The fourth-order valence-corrected chi connectivity index (χ4v) is 4.39. The summed E-state index contributed by atoms with van der Waals surface area (Å²) >= 11 is 1.48. The largest absolute Gasteiger partial charge is 0.334 e. The standard InChI is InChI=1S/C20H28N6OS/c1-2-25-9-11-26(12-10-25)14-17-6-4-3-5-16(17)13-21-19(27)22-20-24-23-18(28-20)15-7-8-15/h3-6,15H,2,7-14H2,1H3,(H2,21,22,24,27). The van der Waals surface area contributed by atoms with Gasteiger partial charge in [0.15, 0.2) is 0 Å². The molecule has 1 saturated carbocycles. The summed E-state index contributed by atoms with van der Waals surface area (Å²) in [7, 11) is 0. The van der Waals surface area contributed by atoms with Crippen LogP contribution in [0.1, 0.15) is 41.8 Å². The molecule has 1 aromatic heterocycles. The molecule has 0 radical (unpaired) electrons. The van der Waals surface area contributed by atoms with E-state index in [0.717, 1.165) is 49.8 Å². The van der Waals surface area contributed by atoms with E-state index in [9.17, 15) is 4.79 Å². The van der Waals surface area contributed by atoms with E-state index in [1.54, 1.807) is 0 Å². The topological polar surface area (TPSA) is 73.4 Å². The summed E-state index contributed by atoms with van der Waals surface area (Å²) in [6.45, 7) is 9.22. The van der Waals surface area contributed by atoms with Crippen LogP contribution in [0, 0.1) is 0 Å². The average Bonchev–Trinajstić information content (AvgIpc) is 3.47. The second kappa shape index (κ2) is 8.98. The van der Waals surface area contributed by atoms with Crippen LogP contribution in [-0.4, -0.2) is 58.8 Å². The van der Waals surface area contributed by atoms with Gasteiger partial charge in [0.25, 0.3) is 0 Å². The number of carbonyl (C=O) groups excluding carboxylic acids is 1. The number of piperazine rings is 1. The minimum absolute atomic E-state index is 0.232. The third-order valence-corrected chi connectivity index (χ3v) is 6.45. The molecular weight excluding hydrogens is 372 g/mol. The van der Waals surface area contributed by atoms with E-state index < -0.39 is 0 Å². The molecule has 1 aliphatic carbocycles. The molecule has 2 fully saturated rings. The number of carbonyl (C=O) groups is 1. The molecule has 8 heteroatoms. The summed E-state index contributed by atoms with van der Waals surface area (Å²) in [5.74, 6) is 0.558. The third-order valence-electron chi connectivity index (χ3n) is 5.45. The van der Waals surface area contributed by atoms with Crippen molar-refractivity contribution in [2.45, 2.75) is 38.8 Å². The molecule has 2 heterocycles. The van der Waals surface area contributed by atoms with Crippen molar-refractivity contribution in [2.75, 3.05) is 38.0 Å². The highest BCUT2D eigenvalue weighted by molar-refractivity contribution is 7.15. The lowest BCUT2D eigenvalue weighted by atomic mass is 10.1. The summed E-state index contributed by atoms with van der Waals surface area (Å²) in [6.07, 6.45) is 2.37. The van der Waals surface area contributed by atoms with E-state index in [0.29, 0.717) is 17.6 Å². The molecule has 2 N–H and O–H groups in total. The molecule has 2 aliphatic rings. The zero-order chi connectivity index (χ0) is 19.3. The molecule has 28 heavy (non-hydrogen) atoms. The van der Waals surface area contributed by atoms with Gasteiger partial charge in [0.2, 0.25) is 5.13 Å². The monoisotopic (exact) mass is 400 g/mol. The number of hydrogen-bond donors (Lipinski definition) is 2. The number of nitrogens with one attached hydrogen (secondary N) is 2. The van der Waals surface area contributed by atoms with Gasteiger partial charge in [-0.1, -0.05) is 42.5 Å². The molecular formula is C20H28N6OS. The van der Waals surface area contributed by atoms with Crippen LogP contribution < -0.4 is 10.6 Å². The van der Waals surface area contributed by atoms with E-state index in [-0.39, 0.29) is 6.03 Å². The number of anilines is 1. The van der Waals surface area contributed by atoms with Crippen molar-refractivity contribution in [2.24, 2.45) is 0 Å². The lowest BCUT2D eigenvalue weighted by molar-refractivity contribution is 0.131. The van der Waals surface area contributed by atoms with E-state index >= 15 is 0 Å². The number of hydrogen-bond acceptors (Lipinski definition) is 6. The van der Waals surface area contributed by atoms with Gasteiger partial charge >= 0.3 is 6.03 Å². The maximum Gasteiger partial charge on any atom is 0.321 e. The number of benzene rings is 1. The lowest BCUT2D eigenvalue weighted by Crippen LogP contribution is -2.45. The van der Waals surface area contributed by atoms with Crippen LogP contribution in [0.25, 0.3) is 0 Å². The maximum atomic E-state index is 12.3. The second-order valence-corrected chi connectivity index (χ2v) is 8.52. The van der Waals surface area contributed by atoms with Crippen molar-refractivity contribution < 1.29 is 4.79 Å². The predicted molar refractivity (Wildman–Crippen MR) is 112 cm³/mol. The first-order chi connectivity index (χ1) is 13.7. The Labute approximate surface area is 170 Å². The Morgan fingerprint density at radius 1 is 1.11 bits per heavy atom. The number of amides is 2. The van der Waals surface area contributed by atoms with Crippen LogP contribution in [0.2, 0.25) is 0 Å². The minimum atomic E-state index is -0.232. The molecule has 1 aliphatic heterocycles. The maximum absolute atomic E-state index is 12.3. The lowest BCUT2D eigenvalue weighted by Gasteiger charge is -2.34. The van der Waals surface area contributed by atoms with E-state index in [1.807, 2.05) is 6.07 Å². The Hall–Kier alpha value is -2.03. The second-order valence-electron chi connectivity index (χ2n) is 7.51. The highest BCUT2D eigenvalue weighted by atomic mass is 32.1. The number of likely N-dealkylation sites (N-methyl/N-ethyl adjacent to an activating group) is 1. The smallest absolute Gasteiger partial charge is 0.321 e. The molecule has 0 atom stereocenters. The molecule has 7 nitrogen and oxygen atoms in total. The van der Waals surface area contributed by atoms with Crippen LogP contribution in [0.5, 0.6) is 0 Å². The van der Waals surface area contributed by atoms with Crippen molar-refractivity contribution in [3.8, 4) is 0 Å². The van der Waals surface area contributed by atoms with Crippen LogP contribution in [0.4, 0.5) is 9.93 Å². The highest BCUT2D eigenvalue weighted by Gasteiger charge is 2.27. The molecule has 1 aromatic carbocycles. The Balaban J connectivity index is 1.28. The van der Waals surface area contributed by atoms with Gasteiger partial charge in [0.05, 0.1) is 0 Å². The third kappa shape index (κ3) is 5.06. The first-order valence-electron chi connectivity index (χ1n) is 10.1. The van der Waals surface area contributed by atoms with Gasteiger partial charge < -0.3 is 10.2 Å². The Bertz CT molecular complexity index is 797. The SMILES string of the molecule is CCN1CCN(Cc2ccccc2CNC(=O)Nc2nnc(C3CC3)s2)CC1. The zero-order valence-electron chi connectivity index (χ0n) is 16.4. The van der Waals surface area contributed by atoms with Crippen LogP contribution in [0.3, 0.4) is 0 Å². The summed E-state index contributed by atoms with van der Waals surface area (Å²) < 4.78 is 0. The number of urea groups is 1. The molecule has 2 aromatic rings. The number of aromatic nitrogens is 2. The van der Waals surface area contributed by atoms with Crippen molar-refractivity contribution in [1.29, 1.82) is 0 Å². The molecule has 4 rings (SSSR count). The van der Waals surface area contributed by atoms with E-state index in [1.165, 1.54) is 29.7 Å². The summed E-state index contributed by atoms with van der Waals surface area (Å²) in [6, 6.07) is 8.12. The molecule has 1 saturated heterocycles. The van der Waals surface area contributed by atoms with Gasteiger partial charge in [-0.15, -0.1) is 10.2 Å². The van der Waals surface area contributed by atoms with Gasteiger partial charge in [-0.3, -0.25) is 10.2 Å². The Kier molecular flexibility index (Phi) is 6.19. The fraction of sp³-hybridized carbons (Fsp3) is 0.550. The van der Waals surface area contributed by atoms with E-state index in [4.69, 9.17) is 0 Å². The predicted octanol–water partition coefficient (Wildman–Crippen LogP) is 2.87. The van der Waals surface area contributed by atoms with Gasteiger partial charge in [-0.2, -0.15) is 0 Å². The number of nitrogens with zero attached hydrogens (tertiary/aromatic N) is 4.